The highest BCUT2D eigenvalue weighted by Gasteiger charge is 2.20. The molecule has 0 aliphatic carbocycles. The van der Waals surface area contributed by atoms with Crippen LogP contribution >= 0.6 is 0 Å². The topological polar surface area (TPSA) is 37.0 Å². The zero-order valence-electron chi connectivity index (χ0n) is 11.8. The second-order valence-corrected chi connectivity index (χ2v) is 5.36. The second-order valence-electron chi connectivity index (χ2n) is 5.36. The first-order chi connectivity index (χ1) is 9.84. The van der Waals surface area contributed by atoms with Crippen LogP contribution in [-0.4, -0.2) is 11.5 Å². The highest BCUT2D eigenvalue weighted by molar-refractivity contribution is 5.31. The van der Waals surface area contributed by atoms with E-state index in [0.717, 1.165) is 25.2 Å². The minimum Gasteiger partial charge on any atom is -0.313 e. The van der Waals surface area contributed by atoms with E-state index in [9.17, 15) is 0 Å². The Kier molecular flexibility index (Phi) is 4.09. The summed E-state index contributed by atoms with van der Waals surface area (Å²) in [6.07, 6.45) is 2.96. The molecule has 1 aliphatic rings. The average Bonchev–Trinajstić information content (AvgIpc) is 2.71. The van der Waals surface area contributed by atoms with Crippen LogP contribution in [0.2, 0.25) is 0 Å². The Labute approximate surface area is 120 Å². The SMILES string of the molecule is CC(NC1CCNCc2ccccc21)c1ccccn1. The van der Waals surface area contributed by atoms with Crippen molar-refractivity contribution in [1.29, 1.82) is 0 Å². The van der Waals surface area contributed by atoms with E-state index < -0.39 is 0 Å². The lowest BCUT2D eigenvalue weighted by atomic mass is 9.98. The van der Waals surface area contributed by atoms with Crippen molar-refractivity contribution >= 4 is 0 Å². The number of aromatic nitrogens is 1. The molecule has 3 heteroatoms. The summed E-state index contributed by atoms with van der Waals surface area (Å²) in [6, 6.07) is 15.4. The van der Waals surface area contributed by atoms with Crippen molar-refractivity contribution in [1.82, 2.24) is 15.6 Å². The molecule has 1 aromatic heterocycles. The van der Waals surface area contributed by atoms with E-state index in [0.29, 0.717) is 6.04 Å². The normalized spacial score (nSPS) is 19.9. The maximum Gasteiger partial charge on any atom is 0.0570 e. The van der Waals surface area contributed by atoms with Crippen LogP contribution in [0.1, 0.15) is 42.2 Å². The summed E-state index contributed by atoms with van der Waals surface area (Å²) >= 11 is 0. The van der Waals surface area contributed by atoms with Gasteiger partial charge in [0, 0.05) is 24.8 Å². The Hall–Kier alpha value is -1.71. The van der Waals surface area contributed by atoms with E-state index in [-0.39, 0.29) is 6.04 Å². The van der Waals surface area contributed by atoms with E-state index in [4.69, 9.17) is 0 Å². The third kappa shape index (κ3) is 2.89. The summed E-state index contributed by atoms with van der Waals surface area (Å²) in [6.45, 7) is 4.19. The predicted octanol–water partition coefficient (Wildman–Crippen LogP) is 2.97. The zero-order valence-corrected chi connectivity index (χ0v) is 11.8. The first-order valence-electron chi connectivity index (χ1n) is 7.30. The van der Waals surface area contributed by atoms with Gasteiger partial charge in [-0.05, 0) is 43.1 Å². The van der Waals surface area contributed by atoms with Gasteiger partial charge in [-0.3, -0.25) is 4.98 Å². The van der Waals surface area contributed by atoms with Crippen molar-refractivity contribution in [2.24, 2.45) is 0 Å². The molecule has 0 spiro atoms. The van der Waals surface area contributed by atoms with Crippen LogP contribution in [0.4, 0.5) is 0 Å². The van der Waals surface area contributed by atoms with Gasteiger partial charge in [-0.1, -0.05) is 30.3 Å². The maximum absolute atomic E-state index is 4.45. The fourth-order valence-electron chi connectivity index (χ4n) is 2.85. The van der Waals surface area contributed by atoms with Crippen molar-refractivity contribution in [3.63, 3.8) is 0 Å². The zero-order chi connectivity index (χ0) is 13.8. The van der Waals surface area contributed by atoms with Crippen molar-refractivity contribution < 1.29 is 0 Å². The van der Waals surface area contributed by atoms with Gasteiger partial charge >= 0.3 is 0 Å². The number of benzene rings is 1. The molecular weight excluding hydrogens is 246 g/mol. The average molecular weight is 267 g/mol. The van der Waals surface area contributed by atoms with Crippen LogP contribution in [-0.2, 0) is 6.54 Å². The summed E-state index contributed by atoms with van der Waals surface area (Å²) in [5.41, 5.74) is 3.91. The molecule has 3 rings (SSSR count). The highest BCUT2D eigenvalue weighted by atomic mass is 15.0. The van der Waals surface area contributed by atoms with Crippen LogP contribution < -0.4 is 10.6 Å². The van der Waals surface area contributed by atoms with E-state index >= 15 is 0 Å². The third-order valence-corrected chi connectivity index (χ3v) is 3.94. The fourth-order valence-corrected chi connectivity index (χ4v) is 2.85. The first-order valence-corrected chi connectivity index (χ1v) is 7.30. The van der Waals surface area contributed by atoms with Crippen LogP contribution in [0, 0.1) is 0 Å². The number of nitrogens with zero attached hydrogens (tertiary/aromatic N) is 1. The summed E-state index contributed by atoms with van der Waals surface area (Å²) in [4.78, 5) is 4.45. The molecule has 2 N–H and O–H groups in total. The fraction of sp³-hybridized carbons (Fsp3) is 0.353. The molecule has 0 fully saturated rings. The summed E-state index contributed by atoms with van der Waals surface area (Å²) in [5.74, 6) is 0. The van der Waals surface area contributed by atoms with Crippen molar-refractivity contribution in [3.8, 4) is 0 Å². The molecule has 104 valence electrons. The smallest absolute Gasteiger partial charge is 0.0570 e. The maximum atomic E-state index is 4.45. The summed E-state index contributed by atoms with van der Waals surface area (Å²) in [5, 5.41) is 7.22. The van der Waals surface area contributed by atoms with E-state index in [1.54, 1.807) is 0 Å². The third-order valence-electron chi connectivity index (χ3n) is 3.94. The van der Waals surface area contributed by atoms with Gasteiger partial charge in [0.2, 0.25) is 0 Å². The molecule has 2 unspecified atom stereocenters. The molecule has 0 radical (unpaired) electrons. The Balaban J connectivity index is 1.80. The monoisotopic (exact) mass is 267 g/mol. The number of rotatable bonds is 3. The van der Waals surface area contributed by atoms with Gasteiger partial charge in [0.25, 0.3) is 0 Å². The second kappa shape index (κ2) is 6.16. The standard InChI is InChI=1S/C17H21N3/c1-13(16-8-4-5-10-19-16)20-17-9-11-18-12-14-6-2-3-7-15(14)17/h2-8,10,13,17-18,20H,9,11-12H2,1H3. The van der Waals surface area contributed by atoms with Gasteiger partial charge in [0.15, 0.2) is 0 Å². The number of pyridine rings is 1. The van der Waals surface area contributed by atoms with Crippen molar-refractivity contribution in [2.75, 3.05) is 6.54 Å². The largest absolute Gasteiger partial charge is 0.313 e. The van der Waals surface area contributed by atoms with Gasteiger partial charge in [-0.25, -0.2) is 0 Å². The lowest BCUT2D eigenvalue weighted by molar-refractivity contribution is 0.437. The Morgan fingerprint density at radius 2 is 2.05 bits per heavy atom. The van der Waals surface area contributed by atoms with Crippen molar-refractivity contribution in [2.45, 2.75) is 32.0 Å². The molecular formula is C17H21N3. The van der Waals surface area contributed by atoms with Crippen LogP contribution in [0.15, 0.2) is 48.7 Å². The van der Waals surface area contributed by atoms with Crippen LogP contribution in [0.3, 0.4) is 0 Å². The van der Waals surface area contributed by atoms with Gasteiger partial charge in [0.1, 0.15) is 0 Å². The number of fused-ring (bicyclic) bond motifs is 1. The van der Waals surface area contributed by atoms with Crippen LogP contribution in [0.5, 0.6) is 0 Å². The minimum atomic E-state index is 0.257. The summed E-state index contributed by atoms with van der Waals surface area (Å²) < 4.78 is 0. The lowest BCUT2D eigenvalue weighted by Crippen LogP contribution is -2.26. The van der Waals surface area contributed by atoms with Gasteiger partial charge in [-0.15, -0.1) is 0 Å². The Morgan fingerprint density at radius 3 is 2.90 bits per heavy atom. The molecule has 2 atom stereocenters. The van der Waals surface area contributed by atoms with Gasteiger partial charge in [0.05, 0.1) is 5.69 Å². The quantitative estimate of drug-likeness (QED) is 0.897. The molecule has 20 heavy (non-hydrogen) atoms. The Bertz CT molecular complexity index is 553. The van der Waals surface area contributed by atoms with Crippen LogP contribution in [0.25, 0.3) is 0 Å². The lowest BCUT2D eigenvalue weighted by Gasteiger charge is -2.23. The number of hydrogen-bond acceptors (Lipinski definition) is 3. The van der Waals surface area contributed by atoms with E-state index in [1.807, 2.05) is 18.3 Å². The van der Waals surface area contributed by atoms with E-state index in [2.05, 4.69) is 52.9 Å². The van der Waals surface area contributed by atoms with Gasteiger partial charge in [-0.2, -0.15) is 0 Å². The minimum absolute atomic E-state index is 0.257. The molecule has 0 saturated heterocycles. The molecule has 2 heterocycles. The molecule has 1 aliphatic heterocycles. The molecule has 3 nitrogen and oxygen atoms in total. The number of nitrogens with one attached hydrogen (secondary N) is 2. The molecule has 0 amide bonds. The van der Waals surface area contributed by atoms with Gasteiger partial charge < -0.3 is 10.6 Å². The number of hydrogen-bond donors (Lipinski definition) is 2. The predicted molar refractivity (Wildman–Crippen MR) is 81.3 cm³/mol. The first kappa shape index (κ1) is 13.3. The van der Waals surface area contributed by atoms with Crippen molar-refractivity contribution in [3.05, 3.63) is 65.5 Å². The molecule has 2 aromatic rings. The molecule has 0 bridgehead atoms. The summed E-state index contributed by atoms with van der Waals surface area (Å²) in [7, 11) is 0. The van der Waals surface area contributed by atoms with E-state index in [1.165, 1.54) is 11.1 Å². The molecule has 0 saturated carbocycles. The highest BCUT2D eigenvalue weighted by Crippen LogP contribution is 2.26. The molecule has 1 aromatic carbocycles. The Morgan fingerprint density at radius 1 is 1.20 bits per heavy atom.